The number of nitrogen functional groups attached to an aromatic ring is 1. The monoisotopic (exact) mass is 349 g/mol. The van der Waals surface area contributed by atoms with Gasteiger partial charge in [-0.1, -0.05) is 24.6 Å². The van der Waals surface area contributed by atoms with Gasteiger partial charge in [-0.3, -0.25) is 0 Å². The van der Waals surface area contributed by atoms with Gasteiger partial charge < -0.3 is 20.7 Å². The fourth-order valence-electron chi connectivity index (χ4n) is 1.96. The fraction of sp³-hybridized carbons (Fsp3) is 0.312. The summed E-state index contributed by atoms with van der Waals surface area (Å²) < 4.78 is 5.63. The van der Waals surface area contributed by atoms with Gasteiger partial charge in [-0.05, 0) is 18.6 Å². The summed E-state index contributed by atoms with van der Waals surface area (Å²) in [5.74, 6) is 0.668. The number of aromatic nitrogens is 2. The van der Waals surface area contributed by atoms with E-state index >= 15 is 0 Å². The van der Waals surface area contributed by atoms with E-state index in [1.165, 1.54) is 4.90 Å². The van der Waals surface area contributed by atoms with E-state index in [2.05, 4.69) is 15.3 Å². The van der Waals surface area contributed by atoms with Crippen LogP contribution in [0.5, 0.6) is 5.75 Å². The molecule has 8 heteroatoms. The zero-order valence-corrected chi connectivity index (χ0v) is 14.4. The lowest BCUT2D eigenvalue weighted by Crippen LogP contribution is -2.31. The van der Waals surface area contributed by atoms with Crippen molar-refractivity contribution in [3.8, 4) is 5.75 Å². The second kappa shape index (κ2) is 8.35. The minimum atomic E-state index is -0.296. The first kappa shape index (κ1) is 17.8. The van der Waals surface area contributed by atoms with Crippen LogP contribution in [0, 0.1) is 0 Å². The number of ether oxygens (including phenoxy) is 1. The maximum atomic E-state index is 12.4. The number of amides is 2. The van der Waals surface area contributed by atoms with Crippen LogP contribution in [0.25, 0.3) is 0 Å². The summed E-state index contributed by atoms with van der Waals surface area (Å²) in [6.07, 6.45) is 4.01. The van der Waals surface area contributed by atoms with Gasteiger partial charge in [0.05, 0.1) is 23.9 Å². The molecule has 0 aliphatic rings. The third-order valence-corrected chi connectivity index (χ3v) is 3.45. The van der Waals surface area contributed by atoms with Crippen LogP contribution in [0.1, 0.15) is 18.9 Å². The molecule has 1 aromatic heterocycles. The molecule has 2 amide bonds. The van der Waals surface area contributed by atoms with Crippen molar-refractivity contribution in [2.24, 2.45) is 0 Å². The Balaban J connectivity index is 2.05. The molecule has 128 valence electrons. The third-order valence-electron chi connectivity index (χ3n) is 3.15. The molecule has 0 saturated heterocycles. The highest BCUT2D eigenvalue weighted by Crippen LogP contribution is 2.33. The summed E-state index contributed by atoms with van der Waals surface area (Å²) in [4.78, 5) is 21.7. The van der Waals surface area contributed by atoms with Crippen molar-refractivity contribution in [2.75, 3.05) is 24.7 Å². The molecule has 3 N–H and O–H groups in total. The van der Waals surface area contributed by atoms with E-state index in [0.717, 1.165) is 12.0 Å². The highest BCUT2D eigenvalue weighted by atomic mass is 35.5. The Morgan fingerprint density at radius 1 is 1.38 bits per heavy atom. The largest absolute Gasteiger partial charge is 0.490 e. The van der Waals surface area contributed by atoms with Crippen molar-refractivity contribution in [1.29, 1.82) is 0 Å². The Bertz CT molecular complexity index is 693. The van der Waals surface area contributed by atoms with Crippen LogP contribution in [0.4, 0.5) is 16.4 Å². The van der Waals surface area contributed by atoms with Crippen LogP contribution in [0.15, 0.2) is 30.6 Å². The van der Waals surface area contributed by atoms with Crippen LogP contribution in [0.2, 0.25) is 5.02 Å². The number of hydrogen-bond donors (Lipinski definition) is 2. The molecular weight excluding hydrogens is 330 g/mol. The molecule has 0 aliphatic heterocycles. The Morgan fingerprint density at radius 3 is 2.75 bits per heavy atom. The molecule has 1 heterocycles. The van der Waals surface area contributed by atoms with Gasteiger partial charge in [-0.25, -0.2) is 14.8 Å². The van der Waals surface area contributed by atoms with Crippen LogP contribution in [-0.2, 0) is 6.54 Å². The maximum Gasteiger partial charge on any atom is 0.321 e. The van der Waals surface area contributed by atoms with Crippen LogP contribution in [0.3, 0.4) is 0 Å². The summed E-state index contributed by atoms with van der Waals surface area (Å²) in [6.45, 7) is 2.86. The molecule has 7 nitrogen and oxygen atoms in total. The standard InChI is InChI=1S/C16H20ClN5O2/c1-3-7-24-14-12(17)5-4-6-13(14)21-16(23)22(2)10-11-8-19-15(18)20-9-11/h4-6,8-9H,3,7,10H2,1-2H3,(H,21,23)(H2,18,19,20). The summed E-state index contributed by atoms with van der Waals surface area (Å²) in [5.41, 5.74) is 6.75. The second-order valence-corrected chi connectivity index (χ2v) is 5.61. The minimum Gasteiger partial charge on any atom is -0.490 e. The zero-order chi connectivity index (χ0) is 17.5. The molecule has 24 heavy (non-hydrogen) atoms. The van der Waals surface area contributed by atoms with E-state index in [0.29, 0.717) is 29.6 Å². The molecule has 1 aromatic carbocycles. The number of nitrogens with one attached hydrogen (secondary N) is 1. The lowest BCUT2D eigenvalue weighted by Gasteiger charge is -2.19. The SMILES string of the molecule is CCCOc1c(Cl)cccc1NC(=O)N(C)Cc1cnc(N)nc1. The van der Waals surface area contributed by atoms with E-state index in [1.54, 1.807) is 37.6 Å². The number of urea groups is 1. The summed E-state index contributed by atoms with van der Waals surface area (Å²) in [6, 6.07) is 4.92. The van der Waals surface area contributed by atoms with Gasteiger partial charge in [-0.15, -0.1) is 0 Å². The second-order valence-electron chi connectivity index (χ2n) is 5.20. The van der Waals surface area contributed by atoms with Gasteiger partial charge in [0, 0.05) is 25.0 Å². The molecular formula is C16H20ClN5O2. The number of rotatable bonds is 6. The molecule has 2 rings (SSSR count). The van der Waals surface area contributed by atoms with Crippen molar-refractivity contribution >= 4 is 29.3 Å². The Hall–Kier alpha value is -2.54. The first-order valence-corrected chi connectivity index (χ1v) is 7.89. The van der Waals surface area contributed by atoms with Crippen LogP contribution >= 0.6 is 11.6 Å². The normalized spacial score (nSPS) is 10.3. The van der Waals surface area contributed by atoms with Crippen molar-refractivity contribution < 1.29 is 9.53 Å². The number of carbonyl (C=O) groups excluding carboxylic acids is 1. The van der Waals surface area contributed by atoms with Gasteiger partial charge >= 0.3 is 6.03 Å². The lowest BCUT2D eigenvalue weighted by atomic mass is 10.3. The highest BCUT2D eigenvalue weighted by Gasteiger charge is 2.14. The van der Waals surface area contributed by atoms with E-state index in [1.807, 2.05) is 6.92 Å². The molecule has 0 atom stereocenters. The molecule has 2 aromatic rings. The zero-order valence-electron chi connectivity index (χ0n) is 13.6. The maximum absolute atomic E-state index is 12.4. The quantitative estimate of drug-likeness (QED) is 0.835. The first-order chi connectivity index (χ1) is 11.5. The number of nitrogens with two attached hydrogens (primary N) is 1. The van der Waals surface area contributed by atoms with Crippen LogP contribution < -0.4 is 15.8 Å². The number of anilines is 2. The van der Waals surface area contributed by atoms with Crippen molar-refractivity contribution in [1.82, 2.24) is 14.9 Å². The number of halogens is 1. The number of para-hydroxylation sites is 1. The molecule has 0 unspecified atom stereocenters. The highest BCUT2D eigenvalue weighted by molar-refractivity contribution is 6.32. The summed E-state index contributed by atoms with van der Waals surface area (Å²) in [7, 11) is 1.67. The summed E-state index contributed by atoms with van der Waals surface area (Å²) >= 11 is 6.15. The van der Waals surface area contributed by atoms with Crippen molar-refractivity contribution in [2.45, 2.75) is 19.9 Å². The lowest BCUT2D eigenvalue weighted by molar-refractivity contribution is 0.220. The van der Waals surface area contributed by atoms with Crippen LogP contribution in [-0.4, -0.2) is 34.6 Å². The fourth-order valence-corrected chi connectivity index (χ4v) is 2.19. The number of nitrogens with zero attached hydrogens (tertiary/aromatic N) is 3. The Labute approximate surface area is 145 Å². The van der Waals surface area contributed by atoms with Gasteiger partial charge in [0.2, 0.25) is 5.95 Å². The Kier molecular flexibility index (Phi) is 6.20. The van der Waals surface area contributed by atoms with Crippen molar-refractivity contribution in [3.63, 3.8) is 0 Å². The number of hydrogen-bond acceptors (Lipinski definition) is 5. The topological polar surface area (TPSA) is 93.4 Å². The minimum absolute atomic E-state index is 0.197. The predicted molar refractivity (Wildman–Crippen MR) is 94.2 cm³/mol. The first-order valence-electron chi connectivity index (χ1n) is 7.51. The molecule has 0 radical (unpaired) electrons. The van der Waals surface area contributed by atoms with E-state index in [9.17, 15) is 4.79 Å². The molecule has 0 spiro atoms. The smallest absolute Gasteiger partial charge is 0.321 e. The van der Waals surface area contributed by atoms with Gasteiger partial charge in [-0.2, -0.15) is 0 Å². The number of carbonyl (C=O) groups is 1. The van der Waals surface area contributed by atoms with Gasteiger partial charge in [0.25, 0.3) is 0 Å². The van der Waals surface area contributed by atoms with Crippen molar-refractivity contribution in [3.05, 3.63) is 41.2 Å². The Morgan fingerprint density at radius 2 is 2.08 bits per heavy atom. The molecule has 0 bridgehead atoms. The van der Waals surface area contributed by atoms with E-state index in [4.69, 9.17) is 22.1 Å². The molecule has 0 saturated carbocycles. The van der Waals surface area contributed by atoms with E-state index < -0.39 is 0 Å². The van der Waals surface area contributed by atoms with Gasteiger partial charge in [0.1, 0.15) is 0 Å². The van der Waals surface area contributed by atoms with Gasteiger partial charge in [0.15, 0.2) is 5.75 Å². The average molecular weight is 350 g/mol. The van der Waals surface area contributed by atoms with E-state index in [-0.39, 0.29) is 12.0 Å². The summed E-state index contributed by atoms with van der Waals surface area (Å²) in [5, 5.41) is 3.26. The number of benzene rings is 1. The predicted octanol–water partition coefficient (Wildman–Crippen LogP) is 3.16. The molecule has 0 fully saturated rings. The average Bonchev–Trinajstić information content (AvgIpc) is 2.56. The molecule has 0 aliphatic carbocycles. The third kappa shape index (κ3) is 4.73.